The van der Waals surface area contributed by atoms with E-state index in [1.54, 1.807) is 0 Å². The number of alkyl halides is 1. The molecule has 2 unspecified atom stereocenters. The Kier molecular flexibility index (Phi) is 3.81. The minimum absolute atomic E-state index is 0.766. The average Bonchev–Trinajstić information content (AvgIpc) is 2.59. The molecule has 1 nitrogen and oxygen atoms in total. The number of hydrogen-bond acceptors (Lipinski definition) is 1. The minimum Gasteiger partial charge on any atom is -0.371 e. The van der Waals surface area contributed by atoms with Crippen molar-refractivity contribution in [2.45, 2.75) is 19.2 Å². The predicted octanol–water partition coefficient (Wildman–Crippen LogP) is 4.33. The van der Waals surface area contributed by atoms with Crippen molar-refractivity contribution in [3.8, 4) is 0 Å². The monoisotopic (exact) mass is 301 g/mol. The summed E-state index contributed by atoms with van der Waals surface area (Å²) in [5.41, 5.74) is 2.51. The molecule has 0 N–H and O–H groups in total. The first-order valence-electron chi connectivity index (χ1n) is 5.71. The summed E-state index contributed by atoms with van der Waals surface area (Å²) in [6, 6.07) is 6.18. The number of anilines is 1. The van der Waals surface area contributed by atoms with Crippen molar-refractivity contribution in [1.82, 2.24) is 0 Å². The highest BCUT2D eigenvalue weighted by molar-refractivity contribution is 9.08. The van der Waals surface area contributed by atoms with Gasteiger partial charge in [-0.25, -0.2) is 0 Å². The van der Waals surface area contributed by atoms with Gasteiger partial charge in [0, 0.05) is 34.7 Å². The van der Waals surface area contributed by atoms with Crippen LogP contribution < -0.4 is 4.90 Å². The molecule has 0 bridgehead atoms. The molecule has 0 saturated carbocycles. The first-order chi connectivity index (χ1) is 7.63. The minimum atomic E-state index is 0.766. The molecule has 0 amide bonds. The Morgan fingerprint density at radius 1 is 1.31 bits per heavy atom. The Labute approximate surface area is 111 Å². The van der Waals surface area contributed by atoms with Gasteiger partial charge in [-0.3, -0.25) is 0 Å². The molecule has 1 fully saturated rings. The Morgan fingerprint density at radius 2 is 1.94 bits per heavy atom. The van der Waals surface area contributed by atoms with Crippen LogP contribution in [0.1, 0.15) is 19.4 Å². The van der Waals surface area contributed by atoms with Crippen molar-refractivity contribution in [3.05, 3.63) is 28.8 Å². The van der Waals surface area contributed by atoms with Crippen LogP contribution in [0.3, 0.4) is 0 Å². The van der Waals surface area contributed by atoms with E-state index in [9.17, 15) is 0 Å². The summed E-state index contributed by atoms with van der Waals surface area (Å²) < 4.78 is 0. The number of hydrogen-bond donors (Lipinski definition) is 0. The summed E-state index contributed by atoms with van der Waals surface area (Å²) in [6.45, 7) is 6.93. The van der Waals surface area contributed by atoms with Crippen molar-refractivity contribution in [3.63, 3.8) is 0 Å². The lowest BCUT2D eigenvalue weighted by molar-refractivity contribution is 0.494. The van der Waals surface area contributed by atoms with Gasteiger partial charge in [-0.2, -0.15) is 0 Å². The van der Waals surface area contributed by atoms with Gasteiger partial charge in [0.25, 0.3) is 0 Å². The quantitative estimate of drug-likeness (QED) is 0.735. The van der Waals surface area contributed by atoms with Gasteiger partial charge in [0.2, 0.25) is 0 Å². The molecule has 0 spiro atoms. The first kappa shape index (κ1) is 12.3. The van der Waals surface area contributed by atoms with Crippen LogP contribution in [0.2, 0.25) is 5.02 Å². The summed E-state index contributed by atoms with van der Waals surface area (Å²) in [4.78, 5) is 2.46. The number of benzene rings is 1. The highest BCUT2D eigenvalue weighted by Crippen LogP contribution is 2.34. The van der Waals surface area contributed by atoms with Crippen LogP contribution in [0, 0.1) is 11.8 Å². The van der Waals surface area contributed by atoms with Gasteiger partial charge in [-0.05, 0) is 24.0 Å². The Hall–Kier alpha value is -0.210. The molecule has 1 aliphatic heterocycles. The molecular formula is C13H17BrClN. The lowest BCUT2D eigenvalue weighted by Crippen LogP contribution is -2.20. The predicted molar refractivity (Wildman–Crippen MR) is 74.6 cm³/mol. The average molecular weight is 303 g/mol. The summed E-state index contributed by atoms with van der Waals surface area (Å²) in [7, 11) is 0. The molecule has 88 valence electrons. The van der Waals surface area contributed by atoms with E-state index < -0.39 is 0 Å². The fraction of sp³-hybridized carbons (Fsp3) is 0.538. The molecule has 0 aliphatic carbocycles. The molecule has 0 radical (unpaired) electrons. The van der Waals surface area contributed by atoms with E-state index in [4.69, 9.17) is 11.6 Å². The summed E-state index contributed by atoms with van der Waals surface area (Å²) in [5.74, 6) is 1.53. The smallest absolute Gasteiger partial charge is 0.0467 e. The first-order valence-corrected chi connectivity index (χ1v) is 7.21. The SMILES string of the molecule is CC1CN(c2cccc(Cl)c2CBr)CC1C. The van der Waals surface area contributed by atoms with Crippen molar-refractivity contribution in [2.24, 2.45) is 11.8 Å². The molecule has 0 aromatic heterocycles. The number of rotatable bonds is 2. The molecule has 1 aromatic carbocycles. The van der Waals surface area contributed by atoms with Crippen LogP contribution in [0.25, 0.3) is 0 Å². The van der Waals surface area contributed by atoms with Gasteiger partial charge in [-0.15, -0.1) is 0 Å². The number of halogens is 2. The van der Waals surface area contributed by atoms with E-state index in [2.05, 4.69) is 40.7 Å². The van der Waals surface area contributed by atoms with Gasteiger partial charge < -0.3 is 4.90 Å². The van der Waals surface area contributed by atoms with Crippen LogP contribution in [-0.2, 0) is 5.33 Å². The third kappa shape index (κ3) is 2.23. The summed E-state index contributed by atoms with van der Waals surface area (Å²) in [5, 5.41) is 1.68. The highest BCUT2D eigenvalue weighted by Gasteiger charge is 2.27. The van der Waals surface area contributed by atoms with Crippen molar-refractivity contribution >= 4 is 33.2 Å². The molecule has 2 rings (SSSR count). The molecule has 1 heterocycles. The zero-order chi connectivity index (χ0) is 11.7. The zero-order valence-corrected chi connectivity index (χ0v) is 12.1. The van der Waals surface area contributed by atoms with E-state index in [0.29, 0.717) is 0 Å². The summed E-state index contributed by atoms with van der Waals surface area (Å²) >= 11 is 9.75. The standard InChI is InChI=1S/C13H17BrClN/c1-9-7-16(8-10(9)2)13-5-3-4-12(15)11(13)6-14/h3-5,9-10H,6-8H2,1-2H3. The zero-order valence-electron chi connectivity index (χ0n) is 9.71. The molecule has 2 atom stereocenters. The fourth-order valence-electron chi connectivity index (χ4n) is 2.30. The third-order valence-corrected chi connectivity index (χ3v) is 4.47. The topological polar surface area (TPSA) is 3.24 Å². The lowest BCUT2D eigenvalue weighted by atomic mass is 10.0. The van der Waals surface area contributed by atoms with E-state index in [1.165, 1.54) is 11.3 Å². The molecule has 1 aromatic rings. The molecule has 3 heteroatoms. The van der Waals surface area contributed by atoms with Crippen molar-refractivity contribution in [1.29, 1.82) is 0 Å². The van der Waals surface area contributed by atoms with Crippen molar-refractivity contribution in [2.75, 3.05) is 18.0 Å². The van der Waals surface area contributed by atoms with E-state index in [1.807, 2.05) is 12.1 Å². The fourth-order valence-corrected chi connectivity index (χ4v) is 3.29. The van der Waals surface area contributed by atoms with Crippen LogP contribution in [0.5, 0.6) is 0 Å². The normalized spacial score (nSPS) is 25.1. The van der Waals surface area contributed by atoms with Crippen LogP contribution >= 0.6 is 27.5 Å². The Bertz CT molecular complexity index is 370. The van der Waals surface area contributed by atoms with Gasteiger partial charge in [0.15, 0.2) is 0 Å². The largest absolute Gasteiger partial charge is 0.371 e. The molecular weight excluding hydrogens is 286 g/mol. The maximum Gasteiger partial charge on any atom is 0.0467 e. The maximum atomic E-state index is 6.22. The Balaban J connectivity index is 2.31. The van der Waals surface area contributed by atoms with Gasteiger partial charge >= 0.3 is 0 Å². The molecule has 16 heavy (non-hydrogen) atoms. The molecule has 1 aliphatic rings. The summed E-state index contributed by atoms with van der Waals surface area (Å²) in [6.07, 6.45) is 0. The second kappa shape index (κ2) is 4.97. The van der Waals surface area contributed by atoms with E-state index in [0.717, 1.165) is 35.3 Å². The van der Waals surface area contributed by atoms with Crippen LogP contribution in [0.15, 0.2) is 18.2 Å². The van der Waals surface area contributed by atoms with Gasteiger partial charge in [0.05, 0.1) is 0 Å². The van der Waals surface area contributed by atoms with E-state index in [-0.39, 0.29) is 0 Å². The second-order valence-corrected chi connectivity index (χ2v) is 5.70. The van der Waals surface area contributed by atoms with Crippen molar-refractivity contribution < 1.29 is 0 Å². The van der Waals surface area contributed by atoms with E-state index >= 15 is 0 Å². The lowest BCUT2D eigenvalue weighted by Gasteiger charge is -2.22. The second-order valence-electron chi connectivity index (χ2n) is 4.73. The van der Waals surface area contributed by atoms with Crippen LogP contribution in [0.4, 0.5) is 5.69 Å². The Morgan fingerprint density at radius 3 is 2.50 bits per heavy atom. The molecule has 1 saturated heterocycles. The number of nitrogens with zero attached hydrogens (tertiary/aromatic N) is 1. The van der Waals surface area contributed by atoms with Gasteiger partial charge in [0.1, 0.15) is 0 Å². The maximum absolute atomic E-state index is 6.22. The third-order valence-electron chi connectivity index (χ3n) is 3.56. The highest BCUT2D eigenvalue weighted by atomic mass is 79.9. The van der Waals surface area contributed by atoms with Gasteiger partial charge in [-0.1, -0.05) is 47.4 Å². The van der Waals surface area contributed by atoms with Crippen LogP contribution in [-0.4, -0.2) is 13.1 Å².